The van der Waals surface area contributed by atoms with Gasteiger partial charge in [-0.25, -0.2) is 4.39 Å². The first kappa shape index (κ1) is 8.69. The van der Waals surface area contributed by atoms with Crippen LogP contribution in [0, 0.1) is 17.7 Å². The molecule has 1 aromatic carbocycles. The van der Waals surface area contributed by atoms with Gasteiger partial charge in [-0.05, 0) is 36.4 Å². The molecule has 0 aromatic heterocycles. The first-order valence-corrected chi connectivity index (χ1v) is 5.32. The van der Waals surface area contributed by atoms with Gasteiger partial charge in [0.2, 0.25) is 0 Å². The summed E-state index contributed by atoms with van der Waals surface area (Å²) in [6.07, 6.45) is 1.27. The Labute approximate surface area is 87.3 Å². The van der Waals surface area contributed by atoms with Crippen molar-refractivity contribution in [2.45, 2.75) is 12.5 Å². The second-order valence-electron chi connectivity index (χ2n) is 4.19. The zero-order chi connectivity index (χ0) is 9.71. The summed E-state index contributed by atoms with van der Waals surface area (Å²) in [5, 5.41) is 3.68. The second kappa shape index (κ2) is 2.94. The summed E-state index contributed by atoms with van der Waals surface area (Å²) in [5.74, 6) is 1.18. The van der Waals surface area contributed by atoms with Gasteiger partial charge in [-0.3, -0.25) is 0 Å². The summed E-state index contributed by atoms with van der Waals surface area (Å²) in [6, 6.07) is 5.34. The summed E-state index contributed by atoms with van der Waals surface area (Å²) >= 11 is 5.94. The molecule has 1 aromatic rings. The van der Waals surface area contributed by atoms with Crippen LogP contribution in [0.5, 0.6) is 0 Å². The van der Waals surface area contributed by atoms with E-state index in [2.05, 4.69) is 5.32 Å². The third-order valence-electron chi connectivity index (χ3n) is 3.32. The van der Waals surface area contributed by atoms with Gasteiger partial charge in [-0.15, -0.1) is 0 Å². The molecule has 1 nitrogen and oxygen atoms in total. The van der Waals surface area contributed by atoms with Gasteiger partial charge < -0.3 is 5.32 Å². The predicted octanol–water partition coefficient (Wildman–Crippen LogP) is 2.76. The quantitative estimate of drug-likeness (QED) is 0.753. The Morgan fingerprint density at radius 3 is 2.93 bits per heavy atom. The molecule has 1 heterocycles. The number of fused-ring (bicyclic) bond motifs is 1. The molecule has 0 amide bonds. The molecule has 1 aliphatic heterocycles. The third kappa shape index (κ3) is 1.17. The molecule has 3 rings (SSSR count). The first-order valence-electron chi connectivity index (χ1n) is 4.94. The van der Waals surface area contributed by atoms with E-state index in [1.54, 1.807) is 6.07 Å². The fourth-order valence-electron chi connectivity index (χ4n) is 2.44. The van der Waals surface area contributed by atoms with Gasteiger partial charge in [0.15, 0.2) is 0 Å². The zero-order valence-corrected chi connectivity index (χ0v) is 8.39. The van der Waals surface area contributed by atoms with Crippen LogP contribution in [-0.4, -0.2) is 6.54 Å². The molecule has 14 heavy (non-hydrogen) atoms. The molecule has 2 aliphatic rings. The number of halogens is 2. The van der Waals surface area contributed by atoms with E-state index in [0.29, 0.717) is 5.92 Å². The van der Waals surface area contributed by atoms with Crippen LogP contribution in [0.15, 0.2) is 18.2 Å². The van der Waals surface area contributed by atoms with E-state index in [4.69, 9.17) is 11.6 Å². The van der Waals surface area contributed by atoms with Crippen molar-refractivity contribution in [2.24, 2.45) is 11.8 Å². The van der Waals surface area contributed by atoms with E-state index in [1.807, 2.05) is 6.07 Å². The molecule has 74 valence electrons. The standard InChI is InChI=1S/C11H11ClFN/c12-10-7(2-1-3-9(10)13)11-8-4-6(8)5-14-11/h1-3,6,8,11,14H,4-5H2/t6-,8-,11-/m1/s1. The molecule has 0 bridgehead atoms. The van der Waals surface area contributed by atoms with E-state index < -0.39 is 0 Å². The van der Waals surface area contributed by atoms with E-state index in [-0.39, 0.29) is 16.9 Å². The van der Waals surface area contributed by atoms with Gasteiger partial charge >= 0.3 is 0 Å². The topological polar surface area (TPSA) is 12.0 Å². The lowest BCUT2D eigenvalue weighted by Crippen LogP contribution is -2.18. The Bertz CT molecular complexity index is 380. The maximum atomic E-state index is 13.2. The van der Waals surface area contributed by atoms with Crippen LogP contribution in [0.2, 0.25) is 5.02 Å². The van der Waals surface area contributed by atoms with Crippen LogP contribution in [-0.2, 0) is 0 Å². The molecule has 0 unspecified atom stereocenters. The number of rotatable bonds is 1. The highest BCUT2D eigenvalue weighted by molar-refractivity contribution is 6.31. The van der Waals surface area contributed by atoms with Crippen LogP contribution >= 0.6 is 11.6 Å². The maximum absolute atomic E-state index is 13.2. The molecule has 2 fully saturated rings. The fraction of sp³-hybridized carbons (Fsp3) is 0.455. The highest BCUT2D eigenvalue weighted by atomic mass is 35.5. The minimum atomic E-state index is -0.310. The average Bonchev–Trinajstić information content (AvgIpc) is 2.85. The van der Waals surface area contributed by atoms with Gasteiger partial charge in [0.25, 0.3) is 0 Å². The lowest BCUT2D eigenvalue weighted by molar-refractivity contribution is 0.554. The van der Waals surface area contributed by atoms with Gasteiger partial charge in [-0.1, -0.05) is 23.7 Å². The smallest absolute Gasteiger partial charge is 0.142 e. The van der Waals surface area contributed by atoms with Crippen molar-refractivity contribution in [1.29, 1.82) is 0 Å². The van der Waals surface area contributed by atoms with E-state index >= 15 is 0 Å². The molecule has 0 spiro atoms. The molecular weight excluding hydrogens is 201 g/mol. The van der Waals surface area contributed by atoms with Crippen molar-refractivity contribution in [3.05, 3.63) is 34.6 Å². The average molecular weight is 212 g/mol. The van der Waals surface area contributed by atoms with Crippen LogP contribution in [0.25, 0.3) is 0 Å². The summed E-state index contributed by atoms with van der Waals surface area (Å²) in [7, 11) is 0. The van der Waals surface area contributed by atoms with Crippen molar-refractivity contribution in [3.63, 3.8) is 0 Å². The summed E-state index contributed by atoms with van der Waals surface area (Å²) < 4.78 is 13.2. The Morgan fingerprint density at radius 2 is 2.29 bits per heavy atom. The Hall–Kier alpha value is -0.600. The fourth-order valence-corrected chi connectivity index (χ4v) is 2.69. The Morgan fingerprint density at radius 1 is 1.43 bits per heavy atom. The molecule has 1 N–H and O–H groups in total. The van der Waals surface area contributed by atoms with E-state index in [0.717, 1.165) is 18.0 Å². The number of hydrogen-bond acceptors (Lipinski definition) is 1. The first-order chi connectivity index (χ1) is 6.77. The summed E-state index contributed by atoms with van der Waals surface area (Å²) in [5.41, 5.74) is 0.927. The molecule has 0 radical (unpaired) electrons. The Kier molecular flexibility index (Phi) is 1.83. The van der Waals surface area contributed by atoms with Crippen molar-refractivity contribution in [2.75, 3.05) is 6.54 Å². The normalized spacial score (nSPS) is 34.3. The number of nitrogens with one attached hydrogen (secondary N) is 1. The van der Waals surface area contributed by atoms with Gasteiger partial charge in [0.1, 0.15) is 5.82 Å². The van der Waals surface area contributed by atoms with Crippen molar-refractivity contribution >= 4 is 11.6 Å². The third-order valence-corrected chi connectivity index (χ3v) is 3.72. The second-order valence-corrected chi connectivity index (χ2v) is 4.57. The monoisotopic (exact) mass is 211 g/mol. The van der Waals surface area contributed by atoms with Crippen LogP contribution in [0.4, 0.5) is 4.39 Å². The molecule has 1 aliphatic carbocycles. The minimum Gasteiger partial charge on any atom is -0.309 e. The van der Waals surface area contributed by atoms with Gasteiger partial charge in [-0.2, -0.15) is 0 Å². The maximum Gasteiger partial charge on any atom is 0.142 e. The molecule has 1 saturated carbocycles. The molecular formula is C11H11ClFN. The number of hydrogen-bond donors (Lipinski definition) is 1. The van der Waals surface area contributed by atoms with E-state index in [1.165, 1.54) is 12.5 Å². The van der Waals surface area contributed by atoms with Crippen molar-refractivity contribution in [3.8, 4) is 0 Å². The lowest BCUT2D eigenvalue weighted by atomic mass is 10.0. The number of benzene rings is 1. The van der Waals surface area contributed by atoms with Crippen molar-refractivity contribution in [1.82, 2.24) is 5.32 Å². The SMILES string of the molecule is Fc1cccc([C@H]2NC[C@H]3C[C@H]32)c1Cl. The molecule has 3 heteroatoms. The largest absolute Gasteiger partial charge is 0.309 e. The summed E-state index contributed by atoms with van der Waals surface area (Å²) in [4.78, 5) is 0. The van der Waals surface area contributed by atoms with Crippen LogP contribution < -0.4 is 5.32 Å². The van der Waals surface area contributed by atoms with Gasteiger partial charge in [0.05, 0.1) is 5.02 Å². The molecule has 3 atom stereocenters. The zero-order valence-electron chi connectivity index (χ0n) is 7.63. The highest BCUT2D eigenvalue weighted by Gasteiger charge is 2.49. The number of piperidine rings is 1. The molecule has 1 saturated heterocycles. The lowest BCUT2D eigenvalue weighted by Gasteiger charge is -2.15. The predicted molar refractivity (Wildman–Crippen MR) is 53.8 cm³/mol. The Balaban J connectivity index is 1.99. The highest BCUT2D eigenvalue weighted by Crippen LogP contribution is 2.52. The minimum absolute atomic E-state index is 0.281. The van der Waals surface area contributed by atoms with Crippen LogP contribution in [0.1, 0.15) is 18.0 Å². The van der Waals surface area contributed by atoms with E-state index in [9.17, 15) is 4.39 Å². The van der Waals surface area contributed by atoms with Crippen LogP contribution in [0.3, 0.4) is 0 Å². The summed E-state index contributed by atoms with van der Waals surface area (Å²) in [6.45, 7) is 1.06. The van der Waals surface area contributed by atoms with Gasteiger partial charge in [0, 0.05) is 6.04 Å². The van der Waals surface area contributed by atoms with Crippen molar-refractivity contribution < 1.29 is 4.39 Å².